The number of piperidine rings is 2. The first-order valence-corrected chi connectivity index (χ1v) is 12.7. The molecule has 0 aliphatic carbocycles. The number of hydrazone groups is 1. The molecule has 0 radical (unpaired) electrons. The smallest absolute Gasteiger partial charge is 0.250 e. The van der Waals surface area contributed by atoms with Crippen molar-refractivity contribution in [1.29, 1.82) is 0 Å². The lowest BCUT2D eigenvalue weighted by Crippen LogP contribution is -2.34. The van der Waals surface area contributed by atoms with Gasteiger partial charge in [-0.3, -0.25) is 0 Å². The molecule has 3 heterocycles. The van der Waals surface area contributed by atoms with E-state index in [1.165, 1.54) is 38.5 Å². The third kappa shape index (κ3) is 6.47. The number of nitrogens with one attached hydrogen (secondary N) is 1. The molecule has 0 spiro atoms. The van der Waals surface area contributed by atoms with Crippen molar-refractivity contribution >= 4 is 24.1 Å². The Morgan fingerprint density at radius 3 is 1.94 bits per heavy atom. The van der Waals surface area contributed by atoms with E-state index >= 15 is 0 Å². The maximum atomic E-state index is 5.87. The molecule has 5 rings (SSSR count). The van der Waals surface area contributed by atoms with E-state index < -0.39 is 0 Å². The zero-order valence-corrected chi connectivity index (χ0v) is 20.1. The van der Waals surface area contributed by atoms with E-state index in [2.05, 4.69) is 42.4 Å². The summed E-state index contributed by atoms with van der Waals surface area (Å²) in [5.74, 6) is 2.81. The summed E-state index contributed by atoms with van der Waals surface area (Å²) in [7, 11) is 0. The second kappa shape index (κ2) is 11.6. The van der Waals surface area contributed by atoms with Crippen molar-refractivity contribution in [3.63, 3.8) is 0 Å². The van der Waals surface area contributed by atoms with Gasteiger partial charge in [0.15, 0.2) is 0 Å². The van der Waals surface area contributed by atoms with Crippen LogP contribution < -0.4 is 20.0 Å². The van der Waals surface area contributed by atoms with E-state index in [-0.39, 0.29) is 0 Å². The van der Waals surface area contributed by atoms with Gasteiger partial charge in [-0.25, -0.2) is 5.43 Å². The summed E-state index contributed by atoms with van der Waals surface area (Å²) < 4.78 is 5.87. The van der Waals surface area contributed by atoms with E-state index in [4.69, 9.17) is 9.72 Å². The predicted octanol–water partition coefficient (Wildman–Crippen LogP) is 4.88. The van der Waals surface area contributed by atoms with Crippen LogP contribution in [0.1, 0.15) is 49.7 Å². The second-order valence-corrected chi connectivity index (χ2v) is 9.07. The molecule has 1 aromatic heterocycles. The van der Waals surface area contributed by atoms with Crippen LogP contribution in [0.5, 0.6) is 5.75 Å². The molecule has 0 amide bonds. The highest BCUT2D eigenvalue weighted by Crippen LogP contribution is 2.22. The lowest BCUT2D eigenvalue weighted by molar-refractivity contribution is 0.306. The summed E-state index contributed by atoms with van der Waals surface area (Å²) in [5.41, 5.74) is 5.15. The number of hydrogen-bond acceptors (Lipinski definition) is 8. The largest absolute Gasteiger partial charge is 0.489 e. The quantitative estimate of drug-likeness (QED) is 0.371. The SMILES string of the molecule is C(=N/Nc1nc(N2CCCCC2)nc(N2CCCCC2)n1)/c1ccc(OCc2ccccc2)cc1. The van der Waals surface area contributed by atoms with Crippen LogP contribution in [-0.4, -0.2) is 47.3 Å². The minimum atomic E-state index is 0.486. The summed E-state index contributed by atoms with van der Waals surface area (Å²) in [6, 6.07) is 18.0. The molecular weight excluding hydrogens is 438 g/mol. The Kier molecular flexibility index (Phi) is 7.68. The molecule has 1 N–H and O–H groups in total. The standard InChI is InChI=1S/C27H33N7O/c1-4-10-23(11-5-1)21-35-24-14-12-22(13-15-24)20-28-32-25-29-26(33-16-6-2-7-17-33)31-27(30-25)34-18-8-3-9-19-34/h1,4-5,10-15,20H,2-3,6-9,16-19,21H2,(H,29,30,31,32)/b28-20-. The highest BCUT2D eigenvalue weighted by molar-refractivity contribution is 5.80. The molecule has 3 aromatic rings. The molecule has 8 heteroatoms. The van der Waals surface area contributed by atoms with E-state index in [9.17, 15) is 0 Å². The van der Waals surface area contributed by atoms with Crippen LogP contribution in [0.3, 0.4) is 0 Å². The van der Waals surface area contributed by atoms with Gasteiger partial charge in [0.1, 0.15) is 12.4 Å². The van der Waals surface area contributed by atoms with Crippen LogP contribution >= 0.6 is 0 Å². The van der Waals surface area contributed by atoms with Gasteiger partial charge in [-0.15, -0.1) is 0 Å². The summed E-state index contributed by atoms with van der Waals surface area (Å²) in [5, 5.41) is 4.40. The summed E-state index contributed by atoms with van der Waals surface area (Å²) in [6.45, 7) is 4.51. The Hall–Kier alpha value is -3.68. The molecule has 0 bridgehead atoms. The number of aromatic nitrogens is 3. The topological polar surface area (TPSA) is 78.8 Å². The summed E-state index contributed by atoms with van der Waals surface area (Å²) >= 11 is 0. The van der Waals surface area contributed by atoms with Gasteiger partial charge in [0.2, 0.25) is 17.8 Å². The fourth-order valence-electron chi connectivity index (χ4n) is 4.43. The number of ether oxygens (including phenoxy) is 1. The van der Waals surface area contributed by atoms with Crippen molar-refractivity contribution in [1.82, 2.24) is 15.0 Å². The van der Waals surface area contributed by atoms with Crippen molar-refractivity contribution < 1.29 is 4.74 Å². The number of benzene rings is 2. The minimum Gasteiger partial charge on any atom is -0.489 e. The van der Waals surface area contributed by atoms with Gasteiger partial charge < -0.3 is 14.5 Å². The number of hydrogen-bond donors (Lipinski definition) is 1. The van der Waals surface area contributed by atoms with Crippen LogP contribution in [-0.2, 0) is 6.61 Å². The highest BCUT2D eigenvalue weighted by atomic mass is 16.5. The first-order valence-electron chi connectivity index (χ1n) is 12.7. The monoisotopic (exact) mass is 471 g/mol. The number of anilines is 3. The Balaban J connectivity index is 1.24. The van der Waals surface area contributed by atoms with Gasteiger partial charge in [-0.05, 0) is 73.9 Å². The second-order valence-electron chi connectivity index (χ2n) is 9.07. The van der Waals surface area contributed by atoms with Crippen molar-refractivity contribution in [3.8, 4) is 5.75 Å². The molecule has 2 fully saturated rings. The lowest BCUT2D eigenvalue weighted by Gasteiger charge is -2.30. The first kappa shape index (κ1) is 23.1. The fraction of sp³-hybridized carbons (Fsp3) is 0.407. The van der Waals surface area contributed by atoms with Gasteiger partial charge in [-0.2, -0.15) is 20.1 Å². The highest BCUT2D eigenvalue weighted by Gasteiger charge is 2.20. The maximum Gasteiger partial charge on any atom is 0.250 e. The molecular formula is C27H33N7O. The molecule has 0 saturated carbocycles. The third-order valence-electron chi connectivity index (χ3n) is 6.40. The number of rotatable bonds is 8. The Morgan fingerprint density at radius 2 is 1.34 bits per heavy atom. The van der Waals surface area contributed by atoms with Gasteiger partial charge in [0, 0.05) is 26.2 Å². The normalized spacial score (nSPS) is 16.5. The molecule has 35 heavy (non-hydrogen) atoms. The van der Waals surface area contributed by atoms with Crippen LogP contribution in [0, 0.1) is 0 Å². The van der Waals surface area contributed by atoms with Gasteiger partial charge >= 0.3 is 0 Å². The summed E-state index contributed by atoms with van der Waals surface area (Å²) in [4.78, 5) is 18.7. The zero-order valence-electron chi connectivity index (χ0n) is 20.1. The van der Waals surface area contributed by atoms with Crippen LogP contribution in [0.15, 0.2) is 59.7 Å². The van der Waals surface area contributed by atoms with Crippen molar-refractivity contribution in [3.05, 3.63) is 65.7 Å². The zero-order chi connectivity index (χ0) is 23.7. The van der Waals surface area contributed by atoms with Crippen molar-refractivity contribution in [2.45, 2.75) is 45.1 Å². The van der Waals surface area contributed by atoms with Crippen molar-refractivity contribution in [2.75, 3.05) is 41.4 Å². The van der Waals surface area contributed by atoms with E-state index in [1.807, 2.05) is 42.5 Å². The Bertz CT molecular complexity index is 1060. The molecule has 182 valence electrons. The minimum absolute atomic E-state index is 0.486. The van der Waals surface area contributed by atoms with Crippen molar-refractivity contribution in [2.24, 2.45) is 5.10 Å². The number of nitrogens with zero attached hydrogens (tertiary/aromatic N) is 6. The molecule has 2 aliphatic heterocycles. The molecule has 0 unspecified atom stereocenters. The molecule has 0 atom stereocenters. The molecule has 2 aliphatic rings. The van der Waals surface area contributed by atoms with E-state index in [0.29, 0.717) is 12.6 Å². The van der Waals surface area contributed by atoms with Crippen LogP contribution in [0.25, 0.3) is 0 Å². The lowest BCUT2D eigenvalue weighted by atomic mass is 10.1. The molecule has 8 nitrogen and oxygen atoms in total. The van der Waals surface area contributed by atoms with Crippen LogP contribution in [0.4, 0.5) is 17.8 Å². The fourth-order valence-corrected chi connectivity index (χ4v) is 4.43. The first-order chi connectivity index (χ1) is 17.3. The summed E-state index contributed by atoms with van der Waals surface area (Å²) in [6.07, 6.45) is 9.02. The maximum absolute atomic E-state index is 5.87. The van der Waals surface area contributed by atoms with Gasteiger partial charge in [-0.1, -0.05) is 30.3 Å². The van der Waals surface area contributed by atoms with Crippen LogP contribution in [0.2, 0.25) is 0 Å². The third-order valence-corrected chi connectivity index (χ3v) is 6.40. The average molecular weight is 472 g/mol. The van der Waals surface area contributed by atoms with Gasteiger partial charge in [0.25, 0.3) is 0 Å². The van der Waals surface area contributed by atoms with E-state index in [1.54, 1.807) is 6.21 Å². The molecule has 2 saturated heterocycles. The van der Waals surface area contributed by atoms with E-state index in [0.717, 1.165) is 55.0 Å². The van der Waals surface area contributed by atoms with Gasteiger partial charge in [0.05, 0.1) is 6.21 Å². The predicted molar refractivity (Wildman–Crippen MR) is 140 cm³/mol. The average Bonchev–Trinajstić information content (AvgIpc) is 2.94. The Labute approximate surface area is 207 Å². The Morgan fingerprint density at radius 1 is 0.743 bits per heavy atom. The molecule has 2 aromatic carbocycles.